The number of pyridine rings is 1. The quantitative estimate of drug-likeness (QED) is 0.943. The Labute approximate surface area is 122 Å². The van der Waals surface area contributed by atoms with E-state index in [1.807, 2.05) is 0 Å². The molecule has 21 heavy (non-hydrogen) atoms. The third-order valence-corrected chi connectivity index (χ3v) is 3.89. The van der Waals surface area contributed by atoms with E-state index < -0.39 is 11.8 Å². The van der Waals surface area contributed by atoms with E-state index in [1.165, 1.54) is 37.5 Å². The maximum atomic E-state index is 13.3. The van der Waals surface area contributed by atoms with Crippen molar-refractivity contribution >= 4 is 16.9 Å². The van der Waals surface area contributed by atoms with Gasteiger partial charge in [-0.2, -0.15) is 0 Å². The van der Waals surface area contributed by atoms with Crippen molar-refractivity contribution in [1.29, 1.82) is 0 Å². The van der Waals surface area contributed by atoms with Crippen molar-refractivity contribution in [3.63, 3.8) is 0 Å². The van der Waals surface area contributed by atoms with Gasteiger partial charge in [-0.25, -0.2) is 9.18 Å². The summed E-state index contributed by atoms with van der Waals surface area (Å²) < 4.78 is 13.3. The number of rotatable bonds is 3. The van der Waals surface area contributed by atoms with Crippen LogP contribution in [-0.4, -0.2) is 34.0 Å². The molecule has 0 atom stereocenters. The number of carboxylic acids is 1. The van der Waals surface area contributed by atoms with Gasteiger partial charge in [-0.15, -0.1) is 0 Å². The fraction of sp³-hybridized carbons (Fsp3) is 0.375. The van der Waals surface area contributed by atoms with Gasteiger partial charge >= 0.3 is 5.97 Å². The molecule has 1 aromatic heterocycles. The minimum atomic E-state index is -1.05. The summed E-state index contributed by atoms with van der Waals surface area (Å²) in [5.41, 5.74) is 1.38. The zero-order valence-corrected chi connectivity index (χ0v) is 11.7. The van der Waals surface area contributed by atoms with E-state index >= 15 is 0 Å². The van der Waals surface area contributed by atoms with Gasteiger partial charge in [0, 0.05) is 11.9 Å². The number of carbonyl (C=O) groups is 1. The van der Waals surface area contributed by atoms with Gasteiger partial charge in [0.15, 0.2) is 0 Å². The first kappa shape index (κ1) is 13.9. The van der Waals surface area contributed by atoms with Crippen molar-refractivity contribution in [3.8, 4) is 0 Å². The molecule has 0 spiro atoms. The second kappa shape index (κ2) is 5.77. The van der Waals surface area contributed by atoms with Gasteiger partial charge in [0.2, 0.25) is 0 Å². The van der Waals surface area contributed by atoms with Crippen molar-refractivity contribution in [3.05, 3.63) is 41.3 Å². The maximum Gasteiger partial charge on any atom is 0.336 e. The number of piperidine rings is 1. The second-order valence-corrected chi connectivity index (χ2v) is 5.46. The molecule has 1 aliphatic heterocycles. The molecule has 0 aliphatic carbocycles. The molecule has 1 saturated heterocycles. The van der Waals surface area contributed by atoms with E-state index in [0.29, 0.717) is 17.4 Å². The van der Waals surface area contributed by atoms with Crippen LogP contribution in [-0.2, 0) is 6.54 Å². The summed E-state index contributed by atoms with van der Waals surface area (Å²) in [6.45, 7) is 2.69. The monoisotopic (exact) mass is 288 g/mol. The molecule has 1 aliphatic rings. The molecule has 0 unspecified atom stereocenters. The fourth-order valence-corrected chi connectivity index (χ4v) is 2.86. The summed E-state index contributed by atoms with van der Waals surface area (Å²) in [7, 11) is 0. The van der Waals surface area contributed by atoms with Crippen LogP contribution in [0, 0.1) is 5.82 Å². The largest absolute Gasteiger partial charge is 0.478 e. The molecular formula is C16H17FN2O2. The number of aromatic carboxylic acids is 1. The van der Waals surface area contributed by atoms with Crippen LogP contribution in [0.4, 0.5) is 4.39 Å². The zero-order valence-electron chi connectivity index (χ0n) is 11.7. The van der Waals surface area contributed by atoms with Crippen LogP contribution in [0.5, 0.6) is 0 Å². The molecule has 0 saturated carbocycles. The first-order valence-electron chi connectivity index (χ1n) is 7.18. The van der Waals surface area contributed by atoms with Crippen LogP contribution in [0.2, 0.25) is 0 Å². The molecule has 5 heteroatoms. The van der Waals surface area contributed by atoms with Gasteiger partial charge in [-0.05, 0) is 50.2 Å². The molecule has 2 heterocycles. The number of hydrogen-bond donors (Lipinski definition) is 1. The Bertz CT molecular complexity index is 681. The van der Waals surface area contributed by atoms with Crippen LogP contribution < -0.4 is 0 Å². The fourth-order valence-electron chi connectivity index (χ4n) is 2.86. The van der Waals surface area contributed by atoms with Crippen LogP contribution in [0.1, 0.15) is 35.3 Å². The van der Waals surface area contributed by atoms with E-state index in [9.17, 15) is 14.3 Å². The standard InChI is InChI=1S/C16H17FN2O2/c17-11-4-5-15-13(8-11)14(16(20)21)9-12(18-15)10-19-6-2-1-3-7-19/h4-5,8-9H,1-3,6-7,10H2,(H,20,21). The first-order valence-corrected chi connectivity index (χ1v) is 7.18. The van der Waals surface area contributed by atoms with Crippen LogP contribution in [0.3, 0.4) is 0 Å². The van der Waals surface area contributed by atoms with Gasteiger partial charge in [-0.1, -0.05) is 6.42 Å². The molecule has 3 rings (SSSR count). The Morgan fingerprint density at radius 2 is 2.00 bits per heavy atom. The van der Waals surface area contributed by atoms with Gasteiger partial charge in [0.1, 0.15) is 5.82 Å². The molecule has 0 amide bonds. The number of carboxylic acid groups (broad SMARTS) is 1. The summed E-state index contributed by atoms with van der Waals surface area (Å²) in [6.07, 6.45) is 3.59. The van der Waals surface area contributed by atoms with Crippen molar-refractivity contribution in [2.45, 2.75) is 25.8 Å². The van der Waals surface area contributed by atoms with E-state index in [2.05, 4.69) is 9.88 Å². The number of likely N-dealkylation sites (tertiary alicyclic amines) is 1. The minimum absolute atomic E-state index is 0.117. The Morgan fingerprint density at radius 3 is 2.71 bits per heavy atom. The topological polar surface area (TPSA) is 53.4 Å². The molecule has 1 aromatic carbocycles. The van der Waals surface area contributed by atoms with Gasteiger partial charge in [0.05, 0.1) is 16.8 Å². The molecule has 110 valence electrons. The molecule has 2 aromatic rings. The molecular weight excluding hydrogens is 271 g/mol. The van der Waals surface area contributed by atoms with Crippen LogP contribution >= 0.6 is 0 Å². The number of hydrogen-bond acceptors (Lipinski definition) is 3. The lowest BCUT2D eigenvalue weighted by Gasteiger charge is -2.26. The highest BCUT2D eigenvalue weighted by Gasteiger charge is 2.16. The van der Waals surface area contributed by atoms with Crippen molar-refractivity contribution in [1.82, 2.24) is 9.88 Å². The van der Waals surface area contributed by atoms with E-state index in [-0.39, 0.29) is 5.56 Å². The summed E-state index contributed by atoms with van der Waals surface area (Å²) in [5, 5.41) is 9.69. The Kier molecular flexibility index (Phi) is 3.84. The molecule has 1 N–H and O–H groups in total. The number of fused-ring (bicyclic) bond motifs is 1. The molecule has 4 nitrogen and oxygen atoms in total. The van der Waals surface area contributed by atoms with Gasteiger partial charge in [-0.3, -0.25) is 9.88 Å². The summed E-state index contributed by atoms with van der Waals surface area (Å²) in [5.74, 6) is -1.50. The van der Waals surface area contributed by atoms with E-state index in [1.54, 1.807) is 6.07 Å². The Balaban J connectivity index is 1.99. The van der Waals surface area contributed by atoms with E-state index in [4.69, 9.17) is 0 Å². The second-order valence-electron chi connectivity index (χ2n) is 5.46. The summed E-state index contributed by atoms with van der Waals surface area (Å²) in [6, 6.07) is 5.65. The first-order chi connectivity index (χ1) is 10.1. The molecule has 0 bridgehead atoms. The highest BCUT2D eigenvalue weighted by molar-refractivity contribution is 6.02. The maximum absolute atomic E-state index is 13.3. The summed E-state index contributed by atoms with van der Waals surface area (Å²) in [4.78, 5) is 18.2. The highest BCUT2D eigenvalue weighted by Crippen LogP contribution is 2.21. The Morgan fingerprint density at radius 1 is 1.24 bits per heavy atom. The molecule has 1 fully saturated rings. The predicted molar refractivity (Wildman–Crippen MR) is 77.8 cm³/mol. The lowest BCUT2D eigenvalue weighted by Crippen LogP contribution is -2.29. The van der Waals surface area contributed by atoms with Crippen molar-refractivity contribution < 1.29 is 14.3 Å². The highest BCUT2D eigenvalue weighted by atomic mass is 19.1. The SMILES string of the molecule is O=C(O)c1cc(CN2CCCCC2)nc2ccc(F)cc12. The molecule has 0 radical (unpaired) electrons. The van der Waals surface area contributed by atoms with Crippen LogP contribution in [0.25, 0.3) is 10.9 Å². The zero-order chi connectivity index (χ0) is 14.8. The smallest absolute Gasteiger partial charge is 0.336 e. The van der Waals surface area contributed by atoms with Gasteiger partial charge < -0.3 is 5.11 Å². The number of benzene rings is 1. The van der Waals surface area contributed by atoms with Crippen molar-refractivity contribution in [2.75, 3.05) is 13.1 Å². The third kappa shape index (κ3) is 3.03. The summed E-state index contributed by atoms with van der Waals surface area (Å²) >= 11 is 0. The minimum Gasteiger partial charge on any atom is -0.478 e. The third-order valence-electron chi connectivity index (χ3n) is 3.89. The lowest BCUT2D eigenvalue weighted by molar-refractivity contribution is 0.0698. The lowest BCUT2D eigenvalue weighted by atomic mass is 10.1. The average molecular weight is 288 g/mol. The number of aromatic nitrogens is 1. The number of halogens is 1. The average Bonchev–Trinajstić information content (AvgIpc) is 2.48. The van der Waals surface area contributed by atoms with Crippen molar-refractivity contribution in [2.24, 2.45) is 0 Å². The van der Waals surface area contributed by atoms with Gasteiger partial charge in [0.25, 0.3) is 0 Å². The van der Waals surface area contributed by atoms with Crippen LogP contribution in [0.15, 0.2) is 24.3 Å². The predicted octanol–water partition coefficient (Wildman–Crippen LogP) is 3.06. The number of nitrogens with zero attached hydrogens (tertiary/aromatic N) is 2. The Hall–Kier alpha value is -2.01. The normalized spacial score (nSPS) is 16.2. The van der Waals surface area contributed by atoms with E-state index in [0.717, 1.165) is 18.8 Å².